The Hall–Kier alpha value is -0.790. The highest BCUT2D eigenvalue weighted by atomic mass is 31.2. The maximum Gasteiger partial charge on any atom is 0.472 e. The molecule has 0 aromatic heterocycles. The lowest BCUT2D eigenvalue weighted by atomic mass is 10.0. The molecular formula is C35H68N2O5P+. The van der Waals surface area contributed by atoms with Crippen molar-refractivity contribution >= 4 is 7.82 Å². The van der Waals surface area contributed by atoms with Crippen LogP contribution in [0.5, 0.6) is 0 Å². The highest BCUT2D eigenvalue weighted by Crippen LogP contribution is 2.44. The van der Waals surface area contributed by atoms with E-state index in [0.717, 1.165) is 18.4 Å². The van der Waals surface area contributed by atoms with Gasteiger partial charge in [0.05, 0.1) is 27.7 Å². The van der Waals surface area contributed by atoms with Gasteiger partial charge in [-0.3, -0.25) is 9.05 Å². The number of nitrogens with zero attached hydrogens (tertiary/aromatic N) is 1. The molecule has 0 fully saturated rings. The average Bonchev–Trinajstić information content (AvgIpc) is 2.95. The second kappa shape index (κ2) is 26.4. The molecule has 7 nitrogen and oxygen atoms in total. The van der Waals surface area contributed by atoms with Crippen LogP contribution in [0, 0.1) is 0 Å². The van der Waals surface area contributed by atoms with Crippen molar-refractivity contribution in [2.24, 2.45) is 0 Å². The Labute approximate surface area is 265 Å². The van der Waals surface area contributed by atoms with E-state index in [9.17, 15) is 9.46 Å². The molecule has 0 amide bonds. The Morgan fingerprint density at radius 1 is 0.744 bits per heavy atom. The molecule has 2 atom stereocenters. The van der Waals surface area contributed by atoms with Crippen LogP contribution in [0.15, 0.2) is 30.3 Å². The van der Waals surface area contributed by atoms with Gasteiger partial charge in [0.1, 0.15) is 19.3 Å². The van der Waals surface area contributed by atoms with Gasteiger partial charge in [-0.05, 0) is 12.0 Å². The molecule has 0 radical (unpaired) electrons. The highest BCUT2D eigenvalue weighted by Gasteiger charge is 2.27. The Kier molecular flexibility index (Phi) is 24.7. The Bertz CT molecular complexity index is 790. The topological polar surface area (TPSA) is 77.0 Å². The molecule has 1 rings (SSSR count). The molecule has 43 heavy (non-hydrogen) atoms. The summed E-state index contributed by atoms with van der Waals surface area (Å²) >= 11 is 0. The van der Waals surface area contributed by atoms with Crippen LogP contribution in [-0.2, 0) is 24.9 Å². The monoisotopic (exact) mass is 627 g/mol. The third-order valence-electron chi connectivity index (χ3n) is 7.79. The van der Waals surface area contributed by atoms with Gasteiger partial charge in [-0.15, -0.1) is 0 Å². The molecule has 0 aliphatic rings. The number of hydrogen-bond donors (Lipinski definition) is 2. The molecule has 2 unspecified atom stereocenters. The summed E-state index contributed by atoms with van der Waals surface area (Å²) in [4.78, 5) is 10.3. The lowest BCUT2D eigenvalue weighted by molar-refractivity contribution is -0.870. The third-order valence-corrected chi connectivity index (χ3v) is 8.86. The first kappa shape index (κ1) is 40.2. The molecule has 0 spiro atoms. The van der Waals surface area contributed by atoms with E-state index in [0.29, 0.717) is 30.7 Å². The molecule has 1 aromatic rings. The fraction of sp³-hybridized carbons (Fsp3) is 0.829. The van der Waals surface area contributed by atoms with E-state index in [1.54, 1.807) is 0 Å². The van der Waals surface area contributed by atoms with Gasteiger partial charge in [-0.1, -0.05) is 146 Å². The van der Waals surface area contributed by atoms with Gasteiger partial charge >= 0.3 is 7.82 Å². The Balaban J connectivity index is 2.10. The van der Waals surface area contributed by atoms with E-state index in [2.05, 4.69) is 12.2 Å². The first-order valence-corrected chi connectivity index (χ1v) is 19.0. The van der Waals surface area contributed by atoms with Crippen molar-refractivity contribution in [2.45, 2.75) is 135 Å². The molecule has 1 aromatic carbocycles. The summed E-state index contributed by atoms with van der Waals surface area (Å²) < 4.78 is 29.9. The number of benzene rings is 1. The van der Waals surface area contributed by atoms with Crippen molar-refractivity contribution in [1.82, 2.24) is 5.32 Å². The van der Waals surface area contributed by atoms with E-state index in [1.165, 1.54) is 103 Å². The van der Waals surface area contributed by atoms with Gasteiger partial charge in [0.15, 0.2) is 0 Å². The summed E-state index contributed by atoms with van der Waals surface area (Å²) in [5.74, 6) is 0. The minimum Gasteiger partial charge on any atom is -0.379 e. The first-order chi connectivity index (χ1) is 20.7. The standard InChI is InChI=1S/C35H67N2O5P/c1-5-6-7-8-9-10-11-12-13-14-15-16-17-18-19-20-21-25-29-40-33-35(32-36-31-34-26-23-22-24-27-34)42-43(38,39)41-30-28-37(2,3)4/h22-24,26-27,35-36H,5-21,25,28-33H2,1-4H3/p+1. The van der Waals surface area contributed by atoms with Crippen LogP contribution in [0.1, 0.15) is 128 Å². The zero-order chi connectivity index (χ0) is 31.5. The second-order valence-electron chi connectivity index (χ2n) is 13.2. The maximum absolute atomic E-state index is 12.6. The predicted octanol–water partition coefficient (Wildman–Crippen LogP) is 9.04. The molecule has 2 N–H and O–H groups in total. The lowest BCUT2D eigenvalue weighted by Gasteiger charge is -2.25. The molecule has 0 aliphatic carbocycles. The summed E-state index contributed by atoms with van der Waals surface area (Å²) in [7, 11) is 1.86. The number of phosphoric acid groups is 1. The number of likely N-dealkylation sites (N-methyl/N-ethyl adjacent to an activating group) is 1. The van der Waals surface area contributed by atoms with Gasteiger partial charge in [-0.2, -0.15) is 0 Å². The molecule has 0 aliphatic heterocycles. The number of phosphoric ester groups is 1. The summed E-state index contributed by atoms with van der Waals surface area (Å²) in [6.45, 7) is 4.99. The molecule has 0 bridgehead atoms. The zero-order valence-corrected chi connectivity index (χ0v) is 29.3. The molecule has 0 saturated carbocycles. The fourth-order valence-corrected chi connectivity index (χ4v) is 5.95. The van der Waals surface area contributed by atoms with Gasteiger partial charge in [0, 0.05) is 19.7 Å². The van der Waals surface area contributed by atoms with Gasteiger partial charge < -0.3 is 19.4 Å². The number of nitrogens with one attached hydrogen (secondary N) is 1. The lowest BCUT2D eigenvalue weighted by Crippen LogP contribution is -2.37. The van der Waals surface area contributed by atoms with Gasteiger partial charge in [0.25, 0.3) is 0 Å². The Morgan fingerprint density at radius 3 is 1.72 bits per heavy atom. The van der Waals surface area contributed by atoms with Crippen molar-refractivity contribution in [3.8, 4) is 0 Å². The van der Waals surface area contributed by atoms with Crippen LogP contribution in [-0.4, -0.2) is 69.5 Å². The number of ether oxygens (including phenoxy) is 1. The summed E-state index contributed by atoms with van der Waals surface area (Å²) in [5, 5.41) is 3.32. The number of hydrogen-bond acceptors (Lipinski definition) is 5. The third kappa shape index (κ3) is 27.3. The van der Waals surface area contributed by atoms with Crippen molar-refractivity contribution < 1.29 is 27.7 Å². The fourth-order valence-electron chi connectivity index (χ4n) is 5.07. The number of rotatable bonds is 31. The maximum atomic E-state index is 12.6. The smallest absolute Gasteiger partial charge is 0.379 e. The zero-order valence-electron chi connectivity index (χ0n) is 28.4. The quantitative estimate of drug-likeness (QED) is 0.0486. The van der Waals surface area contributed by atoms with Crippen LogP contribution in [0.3, 0.4) is 0 Å². The number of quaternary nitrogens is 1. The van der Waals surface area contributed by atoms with Crippen molar-refractivity contribution in [3.63, 3.8) is 0 Å². The van der Waals surface area contributed by atoms with Crippen molar-refractivity contribution in [2.75, 3.05) is 54.1 Å². The SMILES string of the molecule is CCCCCCCCCCCCCCCCCCCCOCC(CNCc1ccccc1)OP(=O)(O)OCC[N+](C)(C)C. The van der Waals surface area contributed by atoms with E-state index in [1.807, 2.05) is 51.5 Å². The first-order valence-electron chi connectivity index (χ1n) is 17.5. The summed E-state index contributed by atoms with van der Waals surface area (Å²) in [6, 6.07) is 10.1. The molecule has 8 heteroatoms. The van der Waals surface area contributed by atoms with Crippen LogP contribution in [0.4, 0.5) is 0 Å². The van der Waals surface area contributed by atoms with E-state index >= 15 is 0 Å². The van der Waals surface area contributed by atoms with Crippen LogP contribution < -0.4 is 5.32 Å². The predicted molar refractivity (Wildman–Crippen MR) is 181 cm³/mol. The molecular weight excluding hydrogens is 559 g/mol. The molecule has 0 heterocycles. The van der Waals surface area contributed by atoms with Gasteiger partial charge in [0.2, 0.25) is 0 Å². The van der Waals surface area contributed by atoms with Crippen LogP contribution >= 0.6 is 7.82 Å². The van der Waals surface area contributed by atoms with E-state index in [4.69, 9.17) is 13.8 Å². The summed E-state index contributed by atoms with van der Waals surface area (Å²) in [5.41, 5.74) is 1.15. The minimum atomic E-state index is -4.17. The van der Waals surface area contributed by atoms with Crippen molar-refractivity contribution in [1.29, 1.82) is 0 Å². The van der Waals surface area contributed by atoms with Crippen molar-refractivity contribution in [3.05, 3.63) is 35.9 Å². The second-order valence-corrected chi connectivity index (χ2v) is 14.7. The van der Waals surface area contributed by atoms with E-state index < -0.39 is 13.9 Å². The largest absolute Gasteiger partial charge is 0.472 e. The van der Waals surface area contributed by atoms with Crippen LogP contribution in [0.2, 0.25) is 0 Å². The summed E-state index contributed by atoms with van der Waals surface area (Å²) in [6.07, 6.45) is 23.8. The highest BCUT2D eigenvalue weighted by molar-refractivity contribution is 7.47. The molecule has 252 valence electrons. The van der Waals surface area contributed by atoms with Gasteiger partial charge in [-0.25, -0.2) is 4.57 Å². The number of unbranched alkanes of at least 4 members (excludes halogenated alkanes) is 17. The van der Waals surface area contributed by atoms with Crippen LogP contribution in [0.25, 0.3) is 0 Å². The average molecular weight is 628 g/mol. The minimum absolute atomic E-state index is 0.154. The normalized spacial score (nSPS) is 14.2. The Morgan fingerprint density at radius 2 is 1.23 bits per heavy atom. The molecule has 0 saturated heterocycles. The van der Waals surface area contributed by atoms with E-state index in [-0.39, 0.29) is 13.2 Å².